The van der Waals surface area contributed by atoms with Crippen molar-refractivity contribution in [3.63, 3.8) is 0 Å². The molecule has 0 nitrogen and oxygen atoms in total. The minimum Gasteiger partial charge on any atom is -0.790 e. The van der Waals surface area contributed by atoms with Crippen LogP contribution in [0, 0.1) is 6.07 Å². The third-order valence-electron chi connectivity index (χ3n) is 0.929. The van der Waals surface area contributed by atoms with Gasteiger partial charge in [-0.15, -0.1) is 0 Å². The van der Waals surface area contributed by atoms with Crippen LogP contribution in [0.3, 0.4) is 0 Å². The topological polar surface area (TPSA) is 0 Å². The van der Waals surface area contributed by atoms with Gasteiger partial charge in [0.05, 0.1) is 0 Å². The zero-order valence-electron chi connectivity index (χ0n) is 6.42. The molecule has 0 fully saturated rings. The quantitative estimate of drug-likeness (QED) is 0.213. The molecular formula is C7H6Li2S. The molecule has 0 aliphatic carbocycles. The number of hydrogen-bond acceptors (Lipinski definition) is 1. The van der Waals surface area contributed by atoms with E-state index in [9.17, 15) is 0 Å². The molecule has 1 aromatic rings. The molecule has 1 rings (SSSR count). The molecule has 0 radical (unpaired) electrons. The summed E-state index contributed by atoms with van der Waals surface area (Å²) in [5.41, 5.74) is 1.10. The van der Waals surface area contributed by atoms with Gasteiger partial charge in [-0.1, -0.05) is 0 Å². The van der Waals surface area contributed by atoms with Crippen LogP contribution in [-0.2, 0) is 18.4 Å². The predicted molar refractivity (Wildman–Crippen MR) is 36.3 cm³/mol. The molecule has 0 aliphatic rings. The van der Waals surface area contributed by atoms with E-state index in [1.165, 1.54) is 0 Å². The molecule has 0 aromatic heterocycles. The summed E-state index contributed by atoms with van der Waals surface area (Å²) in [7, 11) is 0. The molecule has 0 atom stereocenters. The standard InChI is InChI=1S/C7H7S.2Li/c8-6-7-4-2-1-3-5-7;;/h1-4,8H,6H2;;/q-1;2*+1/p-1. The van der Waals surface area contributed by atoms with Gasteiger partial charge in [0.2, 0.25) is 0 Å². The second-order valence-corrected chi connectivity index (χ2v) is 1.82. The summed E-state index contributed by atoms with van der Waals surface area (Å²) in [5.74, 6) is 0.668. The van der Waals surface area contributed by atoms with E-state index in [2.05, 4.69) is 6.07 Å². The SMILES string of the molecule is [Li+].[Li+].[S-]Cc1[c-]cccc1. The van der Waals surface area contributed by atoms with Crippen LogP contribution in [0.15, 0.2) is 24.3 Å². The molecule has 0 N–H and O–H groups in total. The van der Waals surface area contributed by atoms with E-state index < -0.39 is 0 Å². The van der Waals surface area contributed by atoms with Crippen LogP contribution in [0.4, 0.5) is 0 Å². The first-order valence-corrected chi connectivity index (χ1v) is 3.05. The average Bonchev–Trinajstić information content (AvgIpc) is 1.90. The maximum Gasteiger partial charge on any atom is 1.00 e. The van der Waals surface area contributed by atoms with Gasteiger partial charge in [0.25, 0.3) is 0 Å². The molecule has 0 amide bonds. The fraction of sp³-hybridized carbons (Fsp3) is 0.143. The molecular weight excluding hydrogens is 130 g/mol. The third kappa shape index (κ3) is 4.56. The van der Waals surface area contributed by atoms with Gasteiger partial charge in [-0.3, -0.25) is 0 Å². The summed E-state index contributed by atoms with van der Waals surface area (Å²) in [6.07, 6.45) is 0. The van der Waals surface area contributed by atoms with Crippen LogP contribution in [0.5, 0.6) is 0 Å². The Bertz CT molecular complexity index is 153. The Morgan fingerprint density at radius 1 is 1.30 bits per heavy atom. The minimum absolute atomic E-state index is 0. The molecule has 0 aliphatic heterocycles. The summed E-state index contributed by atoms with van der Waals surface area (Å²) in [4.78, 5) is 0. The van der Waals surface area contributed by atoms with E-state index in [4.69, 9.17) is 12.6 Å². The Morgan fingerprint density at radius 2 is 2.00 bits per heavy atom. The largest absolute Gasteiger partial charge is 1.00 e. The number of benzene rings is 1. The first-order valence-electron chi connectivity index (χ1n) is 2.47. The molecule has 0 spiro atoms. The molecule has 3 heteroatoms. The van der Waals surface area contributed by atoms with E-state index in [0.29, 0.717) is 5.75 Å². The van der Waals surface area contributed by atoms with Gasteiger partial charge < -0.3 is 12.6 Å². The van der Waals surface area contributed by atoms with Crippen molar-refractivity contribution in [3.8, 4) is 0 Å². The second-order valence-electron chi connectivity index (χ2n) is 1.53. The Labute approximate surface area is 91.5 Å². The van der Waals surface area contributed by atoms with E-state index in [0.717, 1.165) is 5.56 Å². The zero-order valence-corrected chi connectivity index (χ0v) is 7.24. The monoisotopic (exact) mass is 136 g/mol. The van der Waals surface area contributed by atoms with Crippen LogP contribution < -0.4 is 37.7 Å². The number of hydrogen-bond donors (Lipinski definition) is 0. The zero-order chi connectivity index (χ0) is 5.82. The van der Waals surface area contributed by atoms with Gasteiger partial charge in [-0.25, -0.2) is 0 Å². The van der Waals surface area contributed by atoms with Crippen LogP contribution in [0.1, 0.15) is 5.56 Å². The van der Waals surface area contributed by atoms with Crippen molar-refractivity contribution >= 4 is 12.6 Å². The maximum absolute atomic E-state index is 4.79. The molecule has 0 unspecified atom stereocenters. The molecule has 0 bridgehead atoms. The summed E-state index contributed by atoms with van der Waals surface area (Å²) in [5, 5.41) is 0. The summed E-state index contributed by atoms with van der Waals surface area (Å²) in [6.45, 7) is 0. The van der Waals surface area contributed by atoms with E-state index >= 15 is 0 Å². The van der Waals surface area contributed by atoms with Crippen molar-refractivity contribution in [1.82, 2.24) is 0 Å². The summed E-state index contributed by atoms with van der Waals surface area (Å²) >= 11 is 4.79. The minimum atomic E-state index is 0. The van der Waals surface area contributed by atoms with Crippen LogP contribution in [-0.4, -0.2) is 0 Å². The van der Waals surface area contributed by atoms with Crippen molar-refractivity contribution in [2.75, 3.05) is 0 Å². The maximum atomic E-state index is 4.79. The van der Waals surface area contributed by atoms with Crippen LogP contribution in [0.25, 0.3) is 0 Å². The molecule has 0 saturated carbocycles. The Hall–Kier alpha value is 0.765. The van der Waals surface area contributed by atoms with Crippen LogP contribution >= 0.6 is 0 Å². The number of rotatable bonds is 1. The molecule has 0 saturated heterocycles. The van der Waals surface area contributed by atoms with E-state index in [1.807, 2.05) is 24.3 Å². The molecule has 1 aromatic carbocycles. The molecule has 10 heavy (non-hydrogen) atoms. The molecule has 0 heterocycles. The van der Waals surface area contributed by atoms with Gasteiger partial charge >= 0.3 is 37.7 Å². The Balaban J connectivity index is 0. The van der Waals surface area contributed by atoms with Crippen molar-refractivity contribution in [3.05, 3.63) is 35.9 Å². The summed E-state index contributed by atoms with van der Waals surface area (Å²) in [6, 6.07) is 10.8. The van der Waals surface area contributed by atoms with Gasteiger partial charge in [-0.05, 0) is 0 Å². The predicted octanol–water partition coefficient (Wildman–Crippen LogP) is -4.46. The fourth-order valence-electron chi connectivity index (χ4n) is 0.520. The van der Waals surface area contributed by atoms with Gasteiger partial charge in [0, 0.05) is 0 Å². The van der Waals surface area contributed by atoms with Crippen molar-refractivity contribution in [1.29, 1.82) is 0 Å². The molecule has 42 valence electrons. The fourth-order valence-corrected chi connectivity index (χ4v) is 0.700. The first-order chi connectivity index (χ1) is 3.93. The van der Waals surface area contributed by atoms with Crippen LogP contribution in [0.2, 0.25) is 0 Å². The van der Waals surface area contributed by atoms with E-state index in [1.54, 1.807) is 0 Å². The summed E-state index contributed by atoms with van der Waals surface area (Å²) < 4.78 is 0. The third-order valence-corrected chi connectivity index (χ3v) is 1.24. The normalized spacial score (nSPS) is 7.30. The van der Waals surface area contributed by atoms with Crippen molar-refractivity contribution < 1.29 is 37.7 Å². The van der Waals surface area contributed by atoms with Gasteiger partial charge in [0.1, 0.15) is 0 Å². The Morgan fingerprint density at radius 3 is 2.30 bits per heavy atom. The van der Waals surface area contributed by atoms with Gasteiger partial charge in [-0.2, -0.15) is 41.6 Å². The average molecular weight is 136 g/mol. The van der Waals surface area contributed by atoms with Gasteiger partial charge in [0.15, 0.2) is 0 Å². The Kier molecular flexibility index (Phi) is 10.5. The first kappa shape index (κ1) is 13.4. The smallest absolute Gasteiger partial charge is 0.790 e. The van der Waals surface area contributed by atoms with Crippen molar-refractivity contribution in [2.24, 2.45) is 0 Å². The van der Waals surface area contributed by atoms with Crippen molar-refractivity contribution in [2.45, 2.75) is 5.75 Å². The van der Waals surface area contributed by atoms with E-state index in [-0.39, 0.29) is 37.7 Å². The second kappa shape index (κ2) is 7.87.